The molecule has 17 heavy (non-hydrogen) atoms. The molecule has 0 aromatic carbocycles. The van der Waals surface area contributed by atoms with Crippen molar-refractivity contribution in [2.75, 3.05) is 13.6 Å². The maximum atomic E-state index is 5.75. The van der Waals surface area contributed by atoms with Crippen molar-refractivity contribution in [3.05, 3.63) is 24.2 Å². The maximum Gasteiger partial charge on any atom is 0.117 e. The number of hydrogen-bond donors (Lipinski definition) is 1. The Hall–Kier alpha value is -0.800. The third-order valence-electron chi connectivity index (χ3n) is 2.99. The quantitative estimate of drug-likeness (QED) is 0.757. The fourth-order valence-corrected chi connectivity index (χ4v) is 2.14. The average molecular weight is 238 g/mol. The SMILES string of the molecule is CC(N)CCCC(C)CN(C)Cc1ccco1. The molecule has 0 fully saturated rings. The molecule has 3 nitrogen and oxygen atoms in total. The van der Waals surface area contributed by atoms with Gasteiger partial charge in [0, 0.05) is 12.6 Å². The van der Waals surface area contributed by atoms with Crippen molar-refractivity contribution in [3.63, 3.8) is 0 Å². The molecule has 0 aliphatic heterocycles. The van der Waals surface area contributed by atoms with Gasteiger partial charge in [-0.15, -0.1) is 0 Å². The summed E-state index contributed by atoms with van der Waals surface area (Å²) in [6.07, 6.45) is 5.35. The number of nitrogens with two attached hydrogens (primary N) is 1. The molecule has 0 aliphatic carbocycles. The van der Waals surface area contributed by atoms with Gasteiger partial charge in [0.25, 0.3) is 0 Å². The summed E-state index contributed by atoms with van der Waals surface area (Å²) < 4.78 is 5.34. The van der Waals surface area contributed by atoms with E-state index in [2.05, 4.69) is 25.8 Å². The third kappa shape index (κ3) is 6.49. The Balaban J connectivity index is 2.14. The second-order valence-electron chi connectivity index (χ2n) is 5.29. The average Bonchev–Trinajstić information content (AvgIpc) is 2.69. The van der Waals surface area contributed by atoms with E-state index in [9.17, 15) is 0 Å². The van der Waals surface area contributed by atoms with E-state index in [-0.39, 0.29) is 0 Å². The lowest BCUT2D eigenvalue weighted by molar-refractivity contribution is 0.248. The highest BCUT2D eigenvalue weighted by Gasteiger charge is 2.08. The molecule has 1 rings (SSSR count). The van der Waals surface area contributed by atoms with Crippen LogP contribution in [0.3, 0.4) is 0 Å². The Morgan fingerprint density at radius 2 is 2.12 bits per heavy atom. The third-order valence-corrected chi connectivity index (χ3v) is 2.99. The van der Waals surface area contributed by atoms with Crippen LogP contribution in [-0.4, -0.2) is 24.5 Å². The summed E-state index contributed by atoms with van der Waals surface area (Å²) in [5, 5.41) is 0. The Kier molecular flexibility index (Phi) is 6.30. The molecule has 0 saturated heterocycles. The Morgan fingerprint density at radius 1 is 1.35 bits per heavy atom. The van der Waals surface area contributed by atoms with Crippen molar-refractivity contribution < 1.29 is 4.42 Å². The Bertz CT molecular complexity index is 282. The van der Waals surface area contributed by atoms with Crippen LogP contribution in [0, 0.1) is 5.92 Å². The van der Waals surface area contributed by atoms with Gasteiger partial charge in [-0.25, -0.2) is 0 Å². The first-order valence-corrected chi connectivity index (χ1v) is 6.54. The van der Waals surface area contributed by atoms with Crippen LogP contribution in [0.25, 0.3) is 0 Å². The number of hydrogen-bond acceptors (Lipinski definition) is 3. The van der Waals surface area contributed by atoms with Crippen molar-refractivity contribution in [1.29, 1.82) is 0 Å². The van der Waals surface area contributed by atoms with E-state index in [4.69, 9.17) is 10.2 Å². The minimum atomic E-state index is 0.336. The molecule has 0 aliphatic rings. The van der Waals surface area contributed by atoms with E-state index in [0.29, 0.717) is 12.0 Å². The van der Waals surface area contributed by atoms with Gasteiger partial charge in [0.05, 0.1) is 12.8 Å². The summed E-state index contributed by atoms with van der Waals surface area (Å²) in [6, 6.07) is 4.30. The molecule has 2 atom stereocenters. The van der Waals surface area contributed by atoms with Crippen LogP contribution in [0.5, 0.6) is 0 Å². The fraction of sp³-hybridized carbons (Fsp3) is 0.714. The standard InChI is InChI=1S/C14H26N2O/c1-12(6-4-7-13(2)15)10-16(3)11-14-8-5-9-17-14/h5,8-9,12-13H,4,6-7,10-11,15H2,1-3H3. The van der Waals surface area contributed by atoms with Crippen LogP contribution in [-0.2, 0) is 6.54 Å². The summed E-state index contributed by atoms with van der Waals surface area (Å²) in [4.78, 5) is 2.31. The van der Waals surface area contributed by atoms with Gasteiger partial charge in [-0.2, -0.15) is 0 Å². The first-order chi connectivity index (χ1) is 8.08. The molecule has 98 valence electrons. The smallest absolute Gasteiger partial charge is 0.117 e. The van der Waals surface area contributed by atoms with Gasteiger partial charge < -0.3 is 10.2 Å². The second-order valence-corrected chi connectivity index (χ2v) is 5.29. The lowest BCUT2D eigenvalue weighted by Gasteiger charge is -2.20. The summed E-state index contributed by atoms with van der Waals surface area (Å²) in [5.74, 6) is 1.75. The van der Waals surface area contributed by atoms with Crippen molar-refractivity contribution in [2.24, 2.45) is 11.7 Å². The lowest BCUT2D eigenvalue weighted by atomic mass is 10.0. The van der Waals surface area contributed by atoms with Gasteiger partial charge >= 0.3 is 0 Å². The van der Waals surface area contributed by atoms with Gasteiger partial charge in [0.1, 0.15) is 5.76 Å². The molecule has 1 aromatic heterocycles. The monoisotopic (exact) mass is 238 g/mol. The van der Waals surface area contributed by atoms with Crippen molar-refractivity contribution >= 4 is 0 Å². The molecule has 2 unspecified atom stereocenters. The highest BCUT2D eigenvalue weighted by Crippen LogP contribution is 2.12. The molecule has 0 spiro atoms. The van der Waals surface area contributed by atoms with E-state index in [1.165, 1.54) is 12.8 Å². The zero-order valence-corrected chi connectivity index (χ0v) is 11.4. The van der Waals surface area contributed by atoms with E-state index >= 15 is 0 Å². The van der Waals surface area contributed by atoms with Gasteiger partial charge in [0.2, 0.25) is 0 Å². The molecule has 0 bridgehead atoms. The molecular formula is C14H26N2O. The van der Waals surface area contributed by atoms with Crippen LogP contribution < -0.4 is 5.73 Å². The van der Waals surface area contributed by atoms with Crippen molar-refractivity contribution in [3.8, 4) is 0 Å². The first-order valence-electron chi connectivity index (χ1n) is 6.54. The topological polar surface area (TPSA) is 42.4 Å². The molecule has 0 saturated carbocycles. The van der Waals surface area contributed by atoms with Crippen LogP contribution in [0.15, 0.2) is 22.8 Å². The first kappa shape index (κ1) is 14.3. The van der Waals surface area contributed by atoms with Crippen molar-refractivity contribution in [2.45, 2.75) is 45.7 Å². The van der Waals surface area contributed by atoms with Crippen molar-refractivity contribution in [1.82, 2.24) is 4.90 Å². The van der Waals surface area contributed by atoms with Crippen LogP contribution in [0.4, 0.5) is 0 Å². The second kappa shape index (κ2) is 7.51. The summed E-state index contributed by atoms with van der Waals surface area (Å²) in [5.41, 5.74) is 5.75. The molecular weight excluding hydrogens is 212 g/mol. The van der Waals surface area contributed by atoms with E-state index < -0.39 is 0 Å². The predicted molar refractivity (Wildman–Crippen MR) is 71.7 cm³/mol. The largest absolute Gasteiger partial charge is 0.468 e. The Labute approximate surface area is 105 Å². The summed E-state index contributed by atoms with van der Waals surface area (Å²) >= 11 is 0. The van der Waals surface area contributed by atoms with Crippen LogP contribution in [0.1, 0.15) is 38.9 Å². The van der Waals surface area contributed by atoms with Gasteiger partial charge in [-0.05, 0) is 44.9 Å². The highest BCUT2D eigenvalue weighted by atomic mass is 16.3. The van der Waals surface area contributed by atoms with E-state index in [1.807, 2.05) is 12.1 Å². The number of nitrogens with zero attached hydrogens (tertiary/aromatic N) is 1. The lowest BCUT2D eigenvalue weighted by Crippen LogP contribution is -2.24. The van der Waals surface area contributed by atoms with Crippen LogP contribution >= 0.6 is 0 Å². The predicted octanol–water partition coefficient (Wildman–Crippen LogP) is 2.87. The van der Waals surface area contributed by atoms with Gasteiger partial charge in [-0.3, -0.25) is 4.90 Å². The minimum Gasteiger partial charge on any atom is -0.468 e. The zero-order valence-electron chi connectivity index (χ0n) is 11.4. The molecule has 0 radical (unpaired) electrons. The number of rotatable bonds is 8. The molecule has 3 heteroatoms. The normalized spacial score (nSPS) is 15.1. The van der Waals surface area contributed by atoms with Gasteiger partial charge in [-0.1, -0.05) is 13.3 Å². The molecule has 0 amide bonds. The minimum absolute atomic E-state index is 0.336. The van der Waals surface area contributed by atoms with Gasteiger partial charge in [0.15, 0.2) is 0 Å². The summed E-state index contributed by atoms with van der Waals surface area (Å²) in [6.45, 7) is 6.39. The molecule has 1 aromatic rings. The van der Waals surface area contributed by atoms with E-state index in [0.717, 1.165) is 25.3 Å². The summed E-state index contributed by atoms with van der Waals surface area (Å²) in [7, 11) is 2.14. The Morgan fingerprint density at radius 3 is 2.71 bits per heavy atom. The molecule has 1 heterocycles. The maximum absolute atomic E-state index is 5.75. The van der Waals surface area contributed by atoms with Crippen LogP contribution in [0.2, 0.25) is 0 Å². The highest BCUT2D eigenvalue weighted by molar-refractivity contribution is 4.97. The molecule has 2 N–H and O–H groups in total. The zero-order chi connectivity index (χ0) is 12.7. The number of furan rings is 1. The van der Waals surface area contributed by atoms with E-state index in [1.54, 1.807) is 6.26 Å². The fourth-order valence-electron chi connectivity index (χ4n) is 2.14.